The van der Waals surface area contributed by atoms with Crippen molar-refractivity contribution in [1.29, 1.82) is 0 Å². The van der Waals surface area contributed by atoms with Crippen molar-refractivity contribution < 1.29 is 14.7 Å². The maximum absolute atomic E-state index is 12.9. The van der Waals surface area contributed by atoms with Crippen LogP contribution in [-0.4, -0.2) is 37.3 Å². The van der Waals surface area contributed by atoms with Crippen molar-refractivity contribution in [2.24, 2.45) is 0 Å². The summed E-state index contributed by atoms with van der Waals surface area (Å²) in [6.45, 7) is 2.82. The number of carboxylic acid groups (broad SMARTS) is 1. The molecule has 1 fully saturated rings. The van der Waals surface area contributed by atoms with Crippen molar-refractivity contribution in [1.82, 2.24) is 9.47 Å². The Kier molecular flexibility index (Phi) is 8.16. The molecule has 0 saturated carbocycles. The number of nitrogens with zero attached hydrogens (tertiary/aromatic N) is 3. The third-order valence-electron chi connectivity index (χ3n) is 8.26. The van der Waals surface area contributed by atoms with E-state index in [1.54, 1.807) is 17.8 Å². The summed E-state index contributed by atoms with van der Waals surface area (Å²) >= 11 is 8.13. The lowest BCUT2D eigenvalue weighted by atomic mass is 10.1. The van der Waals surface area contributed by atoms with Gasteiger partial charge in [-0.05, 0) is 66.6 Å². The second-order valence-corrected chi connectivity index (χ2v) is 14.0. The fraction of sp³-hybridized carbons (Fsp3) is 0.194. The number of carbonyl (C=O) groups excluding carboxylic acids is 1. The smallest absolute Gasteiger partial charge is 0.323 e. The van der Waals surface area contributed by atoms with Gasteiger partial charge in [0.05, 0.1) is 16.3 Å². The molecule has 226 valence electrons. The first-order valence-corrected chi connectivity index (χ1v) is 17.2. The predicted octanol–water partition coefficient (Wildman–Crippen LogP) is 9.60. The van der Waals surface area contributed by atoms with Gasteiger partial charge in [0, 0.05) is 43.8 Å². The maximum atomic E-state index is 12.9. The Morgan fingerprint density at radius 2 is 1.62 bits per heavy atom. The van der Waals surface area contributed by atoms with Crippen LogP contribution in [0.15, 0.2) is 99.6 Å². The summed E-state index contributed by atoms with van der Waals surface area (Å²) < 4.78 is 2.74. The summed E-state index contributed by atoms with van der Waals surface area (Å²) in [6.07, 6.45) is 6.69. The van der Waals surface area contributed by atoms with E-state index in [4.69, 9.17) is 12.2 Å². The number of aryl methyl sites for hydroxylation is 1. The number of carboxylic acids is 1. The molecule has 0 radical (unpaired) electrons. The predicted molar refractivity (Wildman–Crippen MR) is 190 cm³/mol. The van der Waals surface area contributed by atoms with Crippen LogP contribution in [0.3, 0.4) is 0 Å². The zero-order chi connectivity index (χ0) is 31.1. The van der Waals surface area contributed by atoms with Crippen LogP contribution < -0.4 is 4.90 Å². The van der Waals surface area contributed by atoms with E-state index in [2.05, 4.69) is 95.3 Å². The molecule has 3 heterocycles. The Balaban J connectivity index is 1.29. The Bertz CT molecular complexity index is 2030. The fourth-order valence-corrected chi connectivity index (χ4v) is 8.54. The summed E-state index contributed by atoms with van der Waals surface area (Å²) in [7, 11) is 0. The molecule has 0 bridgehead atoms. The van der Waals surface area contributed by atoms with Crippen molar-refractivity contribution in [3.63, 3.8) is 0 Å². The van der Waals surface area contributed by atoms with Gasteiger partial charge in [-0.2, -0.15) is 0 Å². The van der Waals surface area contributed by atoms with Gasteiger partial charge in [0.15, 0.2) is 0 Å². The molecule has 1 amide bonds. The van der Waals surface area contributed by atoms with Crippen LogP contribution in [-0.2, 0) is 16.1 Å². The third kappa shape index (κ3) is 5.54. The molecule has 5 aromatic rings. The molecule has 0 spiro atoms. The highest BCUT2D eigenvalue weighted by Crippen LogP contribution is 2.52. The van der Waals surface area contributed by atoms with E-state index in [1.807, 2.05) is 6.07 Å². The van der Waals surface area contributed by atoms with Gasteiger partial charge in [-0.1, -0.05) is 98.3 Å². The Morgan fingerprint density at radius 1 is 0.844 bits per heavy atom. The van der Waals surface area contributed by atoms with E-state index in [1.165, 1.54) is 47.5 Å². The highest BCUT2D eigenvalue weighted by Gasteiger charge is 2.33. The lowest BCUT2D eigenvalue weighted by Crippen LogP contribution is -2.33. The first-order valence-electron chi connectivity index (χ1n) is 15.1. The number of aromatic nitrogens is 1. The Hall–Kier alpha value is -4.05. The summed E-state index contributed by atoms with van der Waals surface area (Å²) in [5.41, 5.74) is 6.67. The number of para-hydroxylation sites is 2. The van der Waals surface area contributed by atoms with Gasteiger partial charge in [-0.3, -0.25) is 14.5 Å². The summed E-state index contributed by atoms with van der Waals surface area (Å²) in [6, 6.07) is 30.1. The SMILES string of the molecule is CCCCCCn1c2ccccc2c2cc(N3c4ccccc4Sc4cc(/C=C5\SC(=S)N(CC(=O)O)C5=O)ccc43)ccc21. The van der Waals surface area contributed by atoms with E-state index in [9.17, 15) is 14.7 Å². The number of anilines is 3. The number of unbranched alkanes of at least 4 members (excludes halogenated alkanes) is 3. The number of hydrogen-bond donors (Lipinski definition) is 1. The average Bonchev–Trinajstić information content (AvgIpc) is 3.49. The summed E-state index contributed by atoms with van der Waals surface area (Å²) in [5, 5.41) is 11.7. The van der Waals surface area contributed by atoms with Crippen LogP contribution in [0.4, 0.5) is 17.1 Å². The van der Waals surface area contributed by atoms with E-state index >= 15 is 0 Å². The average molecular weight is 650 g/mol. The molecule has 0 atom stereocenters. The molecule has 4 aromatic carbocycles. The minimum Gasteiger partial charge on any atom is -0.480 e. The number of rotatable bonds is 9. The molecule has 1 aromatic heterocycles. The van der Waals surface area contributed by atoms with Gasteiger partial charge in [0.25, 0.3) is 5.91 Å². The number of hydrogen-bond acceptors (Lipinski definition) is 6. The highest BCUT2D eigenvalue weighted by molar-refractivity contribution is 8.26. The topological polar surface area (TPSA) is 65.8 Å². The summed E-state index contributed by atoms with van der Waals surface area (Å²) in [5.74, 6) is -1.46. The van der Waals surface area contributed by atoms with Crippen molar-refractivity contribution >= 4 is 96.9 Å². The molecule has 0 unspecified atom stereocenters. The number of fused-ring (bicyclic) bond motifs is 5. The Labute approximate surface area is 275 Å². The first-order chi connectivity index (χ1) is 21.9. The van der Waals surface area contributed by atoms with Gasteiger partial charge >= 0.3 is 5.97 Å². The molecule has 1 saturated heterocycles. The van der Waals surface area contributed by atoms with E-state index in [0.29, 0.717) is 4.91 Å². The highest BCUT2D eigenvalue weighted by atomic mass is 32.2. The molecule has 2 aliphatic heterocycles. The van der Waals surface area contributed by atoms with Crippen molar-refractivity contribution in [2.45, 2.75) is 48.9 Å². The van der Waals surface area contributed by atoms with Crippen molar-refractivity contribution in [3.8, 4) is 0 Å². The molecular formula is C36H31N3O3S3. The van der Waals surface area contributed by atoms with Crippen LogP contribution in [0, 0.1) is 0 Å². The van der Waals surface area contributed by atoms with Crippen molar-refractivity contribution in [2.75, 3.05) is 11.4 Å². The fourth-order valence-electron chi connectivity index (χ4n) is 6.18. The van der Waals surface area contributed by atoms with Gasteiger partial charge < -0.3 is 14.6 Å². The minimum atomic E-state index is -1.09. The quantitative estimate of drug-likeness (QED) is 0.0951. The second-order valence-electron chi connectivity index (χ2n) is 11.2. The number of amides is 1. The van der Waals surface area contributed by atoms with Crippen LogP contribution in [0.5, 0.6) is 0 Å². The molecular weight excluding hydrogens is 619 g/mol. The van der Waals surface area contributed by atoms with Crippen LogP contribution in [0.2, 0.25) is 0 Å². The first kappa shape index (κ1) is 29.6. The normalized spacial score (nSPS) is 15.4. The maximum Gasteiger partial charge on any atom is 0.323 e. The van der Waals surface area contributed by atoms with E-state index in [-0.39, 0.29) is 10.2 Å². The lowest BCUT2D eigenvalue weighted by Gasteiger charge is -2.33. The number of aliphatic carboxylic acids is 1. The van der Waals surface area contributed by atoms with E-state index < -0.39 is 12.5 Å². The standard InChI is InChI=1S/C36H31N3O3S3/c1-2-3-4-9-18-37-27-11-6-5-10-25(27)26-21-24(15-17-28(26)37)39-29-12-7-8-13-31(29)44-32-19-23(14-16-30(32)39)20-33-35(42)38(22-34(40)41)36(43)45-33/h5-8,10-17,19-21H,2-4,9,18,22H2,1H3,(H,40,41)/b33-20-. The molecule has 2 aliphatic rings. The zero-order valence-electron chi connectivity index (χ0n) is 24.7. The minimum absolute atomic E-state index is 0.263. The van der Waals surface area contributed by atoms with Gasteiger partial charge in [0.2, 0.25) is 0 Å². The molecule has 1 N–H and O–H groups in total. The Morgan fingerprint density at radius 3 is 2.47 bits per heavy atom. The second kappa shape index (κ2) is 12.4. The zero-order valence-corrected chi connectivity index (χ0v) is 27.2. The van der Waals surface area contributed by atoms with Crippen molar-refractivity contribution in [3.05, 3.63) is 95.4 Å². The third-order valence-corrected chi connectivity index (χ3v) is 10.8. The van der Waals surface area contributed by atoms with Gasteiger partial charge in [0.1, 0.15) is 10.9 Å². The van der Waals surface area contributed by atoms with E-state index in [0.717, 1.165) is 55.6 Å². The number of benzene rings is 4. The summed E-state index contributed by atoms with van der Waals surface area (Å²) in [4.78, 5) is 30.2. The lowest BCUT2D eigenvalue weighted by molar-refractivity contribution is -0.140. The van der Waals surface area contributed by atoms with Crippen LogP contribution in [0.25, 0.3) is 27.9 Å². The molecule has 7 rings (SSSR count). The monoisotopic (exact) mass is 649 g/mol. The molecule has 6 nitrogen and oxygen atoms in total. The molecule has 45 heavy (non-hydrogen) atoms. The van der Waals surface area contributed by atoms with Crippen LogP contribution >= 0.6 is 35.7 Å². The number of thioether (sulfide) groups is 1. The molecule has 9 heteroatoms. The molecule has 0 aliphatic carbocycles. The number of carbonyl (C=O) groups is 2. The number of thiocarbonyl (C=S) groups is 1. The largest absolute Gasteiger partial charge is 0.480 e. The van der Waals surface area contributed by atoms with Gasteiger partial charge in [-0.15, -0.1) is 0 Å². The van der Waals surface area contributed by atoms with Gasteiger partial charge in [-0.25, -0.2) is 0 Å². The van der Waals surface area contributed by atoms with Crippen LogP contribution in [0.1, 0.15) is 38.2 Å².